The Kier molecular flexibility index (Phi) is 14.3. The van der Waals surface area contributed by atoms with Crippen LogP contribution in [-0.2, 0) is 13.3 Å². The fourth-order valence-electron chi connectivity index (χ4n) is 1.19. The number of allylic oxidation sites excluding steroid dienone is 2. The molecule has 0 aliphatic heterocycles. The maximum atomic E-state index is 11.9. The van der Waals surface area contributed by atoms with Crippen LogP contribution in [-0.4, -0.2) is 46.0 Å². The molecule has 0 spiro atoms. The molecule has 0 heterocycles. The minimum atomic E-state index is -4.15. The lowest BCUT2D eigenvalue weighted by atomic mass is 10.3. The topological polar surface area (TPSA) is 27.7 Å². The molecule has 126 valence electrons. The van der Waals surface area contributed by atoms with Crippen LogP contribution in [0.4, 0.5) is 17.6 Å². The van der Waals surface area contributed by atoms with Gasteiger partial charge in [0.2, 0.25) is 0 Å². The maximum absolute atomic E-state index is 11.9. The molecule has 0 aromatic carbocycles. The standard InChI is InChI=1S/C9H17F3O3Si.C3H7FSi/c1-4-8-16(13-2,14-3)15-7-5-6-9(10,11)12;4-2-1-3-5/h4H,1,5-8H2,2-3H3;1-2H,3H2,5H3. The van der Waals surface area contributed by atoms with Crippen molar-refractivity contribution in [3.05, 3.63) is 25.1 Å². The van der Waals surface area contributed by atoms with Crippen molar-refractivity contribution in [3.8, 4) is 0 Å². The van der Waals surface area contributed by atoms with Gasteiger partial charge in [-0.3, -0.25) is 0 Å². The monoisotopic (exact) mass is 348 g/mol. The number of halogens is 4. The molecule has 0 aliphatic carbocycles. The molecular formula is C12H24F4O3Si2. The third-order valence-electron chi connectivity index (χ3n) is 2.27. The lowest BCUT2D eigenvalue weighted by molar-refractivity contribution is -0.137. The molecule has 21 heavy (non-hydrogen) atoms. The van der Waals surface area contributed by atoms with Crippen LogP contribution < -0.4 is 0 Å². The smallest absolute Gasteiger partial charge is 0.377 e. The second kappa shape index (κ2) is 13.2. The molecule has 0 atom stereocenters. The van der Waals surface area contributed by atoms with Gasteiger partial charge in [-0.1, -0.05) is 12.2 Å². The average Bonchev–Trinajstić information content (AvgIpc) is 2.43. The zero-order chi connectivity index (χ0) is 16.8. The molecule has 0 fully saturated rings. The van der Waals surface area contributed by atoms with Crippen LogP contribution in [0.1, 0.15) is 12.8 Å². The molecule has 0 amide bonds. The molecule has 0 saturated heterocycles. The molecule has 0 unspecified atom stereocenters. The quantitative estimate of drug-likeness (QED) is 0.277. The number of alkyl halides is 3. The van der Waals surface area contributed by atoms with E-state index >= 15 is 0 Å². The highest BCUT2D eigenvalue weighted by Gasteiger charge is 2.37. The summed E-state index contributed by atoms with van der Waals surface area (Å²) < 4.78 is 61.9. The molecule has 0 aliphatic rings. The summed E-state index contributed by atoms with van der Waals surface area (Å²) in [5.41, 5.74) is 0. The second-order valence-corrected chi connectivity index (χ2v) is 7.62. The third-order valence-corrected chi connectivity index (χ3v) is 5.42. The molecule has 9 heteroatoms. The van der Waals surface area contributed by atoms with Crippen molar-refractivity contribution in [3.63, 3.8) is 0 Å². The lowest BCUT2D eigenvalue weighted by Crippen LogP contribution is -2.43. The van der Waals surface area contributed by atoms with E-state index in [2.05, 4.69) is 6.58 Å². The summed E-state index contributed by atoms with van der Waals surface area (Å²) in [7, 11) is 1.09. The van der Waals surface area contributed by atoms with Gasteiger partial charge in [0, 0.05) is 43.5 Å². The maximum Gasteiger partial charge on any atom is 0.504 e. The van der Waals surface area contributed by atoms with Crippen molar-refractivity contribution in [1.29, 1.82) is 0 Å². The van der Waals surface area contributed by atoms with Crippen LogP contribution >= 0.6 is 0 Å². The van der Waals surface area contributed by atoms with Crippen molar-refractivity contribution >= 4 is 19.0 Å². The molecule has 0 radical (unpaired) electrons. The average molecular weight is 348 g/mol. The van der Waals surface area contributed by atoms with Crippen LogP contribution in [0, 0.1) is 0 Å². The van der Waals surface area contributed by atoms with Crippen molar-refractivity contribution in [2.24, 2.45) is 0 Å². The van der Waals surface area contributed by atoms with E-state index < -0.39 is 21.4 Å². The van der Waals surface area contributed by atoms with E-state index in [1.54, 1.807) is 6.08 Å². The van der Waals surface area contributed by atoms with Crippen LogP contribution in [0.2, 0.25) is 12.1 Å². The Morgan fingerprint density at radius 2 is 1.81 bits per heavy atom. The molecule has 0 saturated carbocycles. The van der Waals surface area contributed by atoms with E-state index in [1.807, 2.05) is 0 Å². The second-order valence-electron chi connectivity index (χ2n) is 3.92. The first kappa shape index (κ1) is 22.8. The van der Waals surface area contributed by atoms with E-state index in [0.717, 1.165) is 16.3 Å². The summed E-state index contributed by atoms with van der Waals surface area (Å²) >= 11 is 0. The summed E-state index contributed by atoms with van der Waals surface area (Å²) in [4.78, 5) is 0. The van der Waals surface area contributed by atoms with Crippen LogP contribution in [0.3, 0.4) is 0 Å². The fraction of sp³-hybridized carbons (Fsp3) is 0.667. The van der Waals surface area contributed by atoms with Gasteiger partial charge in [-0.25, -0.2) is 4.39 Å². The molecule has 0 N–H and O–H groups in total. The van der Waals surface area contributed by atoms with Gasteiger partial charge in [0.1, 0.15) is 0 Å². The van der Waals surface area contributed by atoms with Gasteiger partial charge < -0.3 is 13.3 Å². The van der Waals surface area contributed by atoms with Crippen molar-refractivity contribution in [2.75, 3.05) is 20.8 Å². The zero-order valence-corrected chi connectivity index (χ0v) is 15.7. The first-order valence-corrected chi connectivity index (χ1v) is 9.82. The molecule has 0 rings (SSSR count). The molecule has 0 aromatic heterocycles. The number of hydrogen-bond donors (Lipinski definition) is 0. The lowest BCUT2D eigenvalue weighted by Gasteiger charge is -2.25. The van der Waals surface area contributed by atoms with Gasteiger partial charge in [-0.05, 0) is 12.5 Å². The first-order valence-electron chi connectivity index (χ1n) is 6.48. The van der Waals surface area contributed by atoms with E-state index in [9.17, 15) is 17.6 Å². The Balaban J connectivity index is 0. The zero-order valence-electron chi connectivity index (χ0n) is 12.7. The Bertz CT molecular complexity index is 282. The van der Waals surface area contributed by atoms with Gasteiger partial charge in [0.25, 0.3) is 0 Å². The van der Waals surface area contributed by atoms with Crippen LogP contribution in [0.25, 0.3) is 0 Å². The summed E-state index contributed by atoms with van der Waals surface area (Å²) in [5.74, 6) is 0. The number of rotatable bonds is 9. The Labute approximate surface area is 127 Å². The van der Waals surface area contributed by atoms with Crippen molar-refractivity contribution < 1.29 is 30.8 Å². The molecule has 3 nitrogen and oxygen atoms in total. The third kappa shape index (κ3) is 14.2. The van der Waals surface area contributed by atoms with Crippen molar-refractivity contribution in [1.82, 2.24) is 0 Å². The Hall–Kier alpha value is -0.486. The SMILES string of the molecule is C=CC[Si](OC)(OC)OCCCC(F)(F)F.FC=CC[SiH3]. The highest BCUT2D eigenvalue weighted by molar-refractivity contribution is 6.61. The van der Waals surface area contributed by atoms with Gasteiger partial charge in [0.15, 0.2) is 0 Å². The van der Waals surface area contributed by atoms with E-state index in [4.69, 9.17) is 13.3 Å². The Morgan fingerprint density at radius 3 is 2.10 bits per heavy atom. The number of hydrogen-bond acceptors (Lipinski definition) is 3. The van der Waals surface area contributed by atoms with E-state index in [0.29, 0.717) is 12.4 Å². The van der Waals surface area contributed by atoms with E-state index in [-0.39, 0.29) is 13.0 Å². The van der Waals surface area contributed by atoms with Crippen LogP contribution in [0.15, 0.2) is 25.1 Å². The van der Waals surface area contributed by atoms with Gasteiger partial charge in [0.05, 0.1) is 6.33 Å². The summed E-state index contributed by atoms with van der Waals surface area (Å²) in [6, 6.07) is 1.31. The first-order chi connectivity index (χ1) is 9.80. The van der Waals surface area contributed by atoms with E-state index in [1.165, 1.54) is 20.3 Å². The highest BCUT2D eigenvalue weighted by atomic mass is 28.4. The van der Waals surface area contributed by atoms with Gasteiger partial charge >= 0.3 is 15.0 Å². The predicted octanol–water partition coefficient (Wildman–Crippen LogP) is 3.02. The van der Waals surface area contributed by atoms with Crippen LogP contribution in [0.5, 0.6) is 0 Å². The Morgan fingerprint density at radius 1 is 1.24 bits per heavy atom. The molecule has 0 aromatic rings. The molecular weight excluding hydrogens is 324 g/mol. The minimum Gasteiger partial charge on any atom is -0.377 e. The highest BCUT2D eigenvalue weighted by Crippen LogP contribution is 2.22. The molecule has 0 bridgehead atoms. The predicted molar refractivity (Wildman–Crippen MR) is 81.0 cm³/mol. The van der Waals surface area contributed by atoms with Gasteiger partial charge in [-0.15, -0.1) is 6.58 Å². The minimum absolute atomic E-state index is 0.0265. The fourth-order valence-corrected chi connectivity index (χ4v) is 3.03. The largest absolute Gasteiger partial charge is 0.504 e. The van der Waals surface area contributed by atoms with Gasteiger partial charge in [-0.2, -0.15) is 13.2 Å². The summed E-state index contributed by atoms with van der Waals surface area (Å²) in [6.07, 6.45) is -1.42. The summed E-state index contributed by atoms with van der Waals surface area (Å²) in [5, 5.41) is 0. The normalized spacial score (nSPS) is 12.3. The van der Waals surface area contributed by atoms with Crippen molar-refractivity contribution in [2.45, 2.75) is 31.1 Å². The summed E-state index contributed by atoms with van der Waals surface area (Å²) in [6.45, 7) is 3.50.